The van der Waals surface area contributed by atoms with Gasteiger partial charge in [0.05, 0.1) is 6.20 Å². The summed E-state index contributed by atoms with van der Waals surface area (Å²) >= 11 is 0. The van der Waals surface area contributed by atoms with Crippen LogP contribution in [0.3, 0.4) is 0 Å². The molecule has 2 N–H and O–H groups in total. The Morgan fingerprint density at radius 3 is 2.87 bits per heavy atom. The van der Waals surface area contributed by atoms with Gasteiger partial charge in [-0.3, -0.25) is 9.78 Å². The summed E-state index contributed by atoms with van der Waals surface area (Å²) in [6, 6.07) is 1.78. The number of nitrogens with zero attached hydrogens (tertiary/aromatic N) is 3. The van der Waals surface area contributed by atoms with Crippen molar-refractivity contribution in [1.82, 2.24) is 20.0 Å². The first-order valence-corrected chi connectivity index (χ1v) is 4.37. The van der Waals surface area contributed by atoms with E-state index in [0.717, 1.165) is 5.69 Å². The predicted molar refractivity (Wildman–Crippen MR) is 52.5 cm³/mol. The van der Waals surface area contributed by atoms with Gasteiger partial charge in [-0.05, 0) is 13.0 Å². The number of H-pyrrole nitrogens is 1. The fourth-order valence-electron chi connectivity index (χ4n) is 1.44. The predicted octanol–water partition coefficient (Wildman–Crippen LogP) is 0.817. The summed E-state index contributed by atoms with van der Waals surface area (Å²) in [6.07, 6.45) is 1.32. The lowest BCUT2D eigenvalue weighted by Gasteiger charge is -1.98. The monoisotopic (exact) mass is 206 g/mol. The van der Waals surface area contributed by atoms with Crippen LogP contribution in [0.25, 0.3) is 11.4 Å². The number of aromatic nitrogens is 4. The number of carboxylic acid groups (broad SMARTS) is 1. The van der Waals surface area contributed by atoms with Crippen LogP contribution in [0, 0.1) is 6.92 Å². The Labute approximate surface area is 85.5 Å². The number of aromatic carboxylic acids is 1. The minimum atomic E-state index is -1.00. The summed E-state index contributed by atoms with van der Waals surface area (Å²) in [6.45, 7) is 1.85. The maximum Gasteiger partial charge on any atom is 0.339 e. The van der Waals surface area contributed by atoms with Crippen LogP contribution in [0.4, 0.5) is 0 Å². The zero-order chi connectivity index (χ0) is 11.0. The van der Waals surface area contributed by atoms with E-state index in [0.29, 0.717) is 11.4 Å². The van der Waals surface area contributed by atoms with Gasteiger partial charge in [-0.25, -0.2) is 4.79 Å². The van der Waals surface area contributed by atoms with Crippen molar-refractivity contribution in [3.63, 3.8) is 0 Å². The topological polar surface area (TPSA) is 83.8 Å². The van der Waals surface area contributed by atoms with Gasteiger partial charge >= 0.3 is 5.97 Å². The minimum absolute atomic E-state index is 0.156. The first kappa shape index (κ1) is 9.45. The Bertz CT molecular complexity index is 512. The highest BCUT2D eigenvalue weighted by Gasteiger charge is 2.18. The van der Waals surface area contributed by atoms with Crippen LogP contribution >= 0.6 is 0 Å². The van der Waals surface area contributed by atoms with E-state index in [1.165, 1.54) is 10.9 Å². The Kier molecular flexibility index (Phi) is 2.03. The van der Waals surface area contributed by atoms with Gasteiger partial charge in [0.25, 0.3) is 0 Å². The Morgan fingerprint density at radius 1 is 1.60 bits per heavy atom. The van der Waals surface area contributed by atoms with Crippen molar-refractivity contribution >= 4 is 5.97 Å². The van der Waals surface area contributed by atoms with Crippen molar-refractivity contribution in [2.24, 2.45) is 7.05 Å². The molecule has 78 valence electrons. The SMILES string of the molecule is Cc1cc(-c2c(C(=O)O)cnn2C)n[nH]1. The molecule has 0 radical (unpaired) electrons. The average molecular weight is 206 g/mol. The second kappa shape index (κ2) is 3.23. The highest BCUT2D eigenvalue weighted by atomic mass is 16.4. The van der Waals surface area contributed by atoms with Crippen LogP contribution in [-0.2, 0) is 7.05 Å². The molecule has 0 aromatic carbocycles. The molecule has 15 heavy (non-hydrogen) atoms. The lowest BCUT2D eigenvalue weighted by atomic mass is 10.2. The number of nitrogens with one attached hydrogen (secondary N) is 1. The number of hydrogen-bond donors (Lipinski definition) is 2. The number of carbonyl (C=O) groups is 1. The summed E-state index contributed by atoms with van der Waals surface area (Å²) in [5.41, 5.74) is 2.13. The van der Waals surface area contributed by atoms with Gasteiger partial charge in [0.2, 0.25) is 0 Å². The van der Waals surface area contributed by atoms with Gasteiger partial charge in [-0.2, -0.15) is 10.2 Å². The maximum absolute atomic E-state index is 10.9. The van der Waals surface area contributed by atoms with E-state index in [-0.39, 0.29) is 5.56 Å². The Morgan fingerprint density at radius 2 is 2.33 bits per heavy atom. The third kappa shape index (κ3) is 1.50. The summed E-state index contributed by atoms with van der Waals surface area (Å²) in [5.74, 6) is -1.00. The van der Waals surface area contributed by atoms with Gasteiger partial charge in [-0.1, -0.05) is 0 Å². The molecule has 2 heterocycles. The number of aryl methyl sites for hydroxylation is 2. The molecule has 0 atom stereocenters. The van der Waals surface area contributed by atoms with E-state index in [9.17, 15) is 4.79 Å². The number of hydrogen-bond acceptors (Lipinski definition) is 3. The molecule has 0 saturated heterocycles. The minimum Gasteiger partial charge on any atom is -0.478 e. The van der Waals surface area contributed by atoms with Crippen molar-refractivity contribution in [2.75, 3.05) is 0 Å². The van der Waals surface area contributed by atoms with Crippen molar-refractivity contribution < 1.29 is 9.90 Å². The Hall–Kier alpha value is -2.11. The quantitative estimate of drug-likeness (QED) is 0.761. The van der Waals surface area contributed by atoms with Crippen LogP contribution < -0.4 is 0 Å². The molecule has 0 fully saturated rings. The highest BCUT2D eigenvalue weighted by Crippen LogP contribution is 2.21. The molecule has 0 aliphatic carbocycles. The number of rotatable bonds is 2. The summed E-state index contributed by atoms with van der Waals surface area (Å²) in [7, 11) is 1.69. The van der Waals surface area contributed by atoms with E-state index < -0.39 is 5.97 Å². The van der Waals surface area contributed by atoms with Crippen LogP contribution in [0.2, 0.25) is 0 Å². The molecule has 0 aliphatic rings. The standard InChI is InChI=1S/C9H10N4O2/c1-5-3-7(12-11-5)8-6(9(14)15)4-10-13(8)2/h3-4H,1-2H3,(H,11,12)(H,14,15). The van der Waals surface area contributed by atoms with E-state index in [4.69, 9.17) is 5.11 Å². The molecule has 0 spiro atoms. The van der Waals surface area contributed by atoms with Crippen LogP contribution in [0.15, 0.2) is 12.3 Å². The van der Waals surface area contributed by atoms with Gasteiger partial charge in [0.15, 0.2) is 0 Å². The lowest BCUT2D eigenvalue weighted by molar-refractivity contribution is 0.0697. The van der Waals surface area contributed by atoms with Gasteiger partial charge in [0, 0.05) is 12.7 Å². The molecular weight excluding hydrogens is 196 g/mol. The van der Waals surface area contributed by atoms with E-state index in [2.05, 4.69) is 15.3 Å². The molecule has 6 nitrogen and oxygen atoms in total. The third-order valence-corrected chi connectivity index (χ3v) is 2.12. The molecule has 0 aliphatic heterocycles. The normalized spacial score (nSPS) is 10.5. The second-order valence-electron chi connectivity index (χ2n) is 3.27. The molecule has 0 amide bonds. The smallest absolute Gasteiger partial charge is 0.339 e. The molecule has 2 aromatic heterocycles. The molecule has 6 heteroatoms. The zero-order valence-electron chi connectivity index (χ0n) is 8.35. The van der Waals surface area contributed by atoms with E-state index >= 15 is 0 Å². The summed E-state index contributed by atoms with van der Waals surface area (Å²) in [4.78, 5) is 10.9. The zero-order valence-corrected chi connectivity index (χ0v) is 8.35. The molecular formula is C9H10N4O2. The fraction of sp³-hybridized carbons (Fsp3) is 0.222. The second-order valence-corrected chi connectivity index (χ2v) is 3.27. The van der Waals surface area contributed by atoms with Crippen molar-refractivity contribution in [2.45, 2.75) is 6.92 Å². The fourth-order valence-corrected chi connectivity index (χ4v) is 1.44. The lowest BCUT2D eigenvalue weighted by Crippen LogP contribution is -2.00. The van der Waals surface area contributed by atoms with E-state index in [1.807, 2.05) is 6.92 Å². The molecule has 0 saturated carbocycles. The van der Waals surface area contributed by atoms with Gasteiger partial charge < -0.3 is 5.11 Å². The summed E-state index contributed by atoms with van der Waals surface area (Å²) in [5, 5.41) is 19.6. The molecule has 2 aromatic rings. The maximum atomic E-state index is 10.9. The largest absolute Gasteiger partial charge is 0.478 e. The Balaban J connectivity index is 2.60. The van der Waals surface area contributed by atoms with Crippen LogP contribution in [0.1, 0.15) is 16.1 Å². The number of aromatic amines is 1. The first-order chi connectivity index (χ1) is 7.09. The summed E-state index contributed by atoms with van der Waals surface area (Å²) < 4.78 is 1.50. The van der Waals surface area contributed by atoms with Crippen LogP contribution in [0.5, 0.6) is 0 Å². The van der Waals surface area contributed by atoms with E-state index in [1.54, 1.807) is 13.1 Å². The van der Waals surface area contributed by atoms with Crippen molar-refractivity contribution in [3.05, 3.63) is 23.5 Å². The van der Waals surface area contributed by atoms with Gasteiger partial charge in [-0.15, -0.1) is 0 Å². The molecule has 2 rings (SSSR count). The van der Waals surface area contributed by atoms with Crippen LogP contribution in [-0.4, -0.2) is 31.1 Å². The van der Waals surface area contributed by atoms with Gasteiger partial charge in [0.1, 0.15) is 17.0 Å². The number of carboxylic acids is 1. The first-order valence-electron chi connectivity index (χ1n) is 4.37. The van der Waals surface area contributed by atoms with Crippen molar-refractivity contribution in [1.29, 1.82) is 0 Å². The van der Waals surface area contributed by atoms with Crippen molar-refractivity contribution in [3.8, 4) is 11.4 Å². The highest BCUT2D eigenvalue weighted by molar-refractivity contribution is 5.94. The average Bonchev–Trinajstić information content (AvgIpc) is 2.71. The third-order valence-electron chi connectivity index (χ3n) is 2.12. The molecule has 0 unspecified atom stereocenters. The molecule has 0 bridgehead atoms.